The van der Waals surface area contributed by atoms with Crippen LogP contribution in [0.4, 0.5) is 0 Å². The maximum atomic E-state index is 11.7. The Morgan fingerprint density at radius 3 is 2.62 bits per heavy atom. The van der Waals surface area contributed by atoms with E-state index in [-0.39, 0.29) is 5.91 Å². The van der Waals surface area contributed by atoms with Gasteiger partial charge in [0, 0.05) is 38.7 Å². The predicted octanol–water partition coefficient (Wildman–Crippen LogP) is 2.37. The van der Waals surface area contributed by atoms with Gasteiger partial charge in [0.2, 0.25) is 0 Å². The van der Waals surface area contributed by atoms with Crippen molar-refractivity contribution in [2.75, 3.05) is 26.7 Å². The van der Waals surface area contributed by atoms with Crippen LogP contribution in [0.5, 0.6) is 0 Å². The monoisotopic (exact) mass is 356 g/mol. The summed E-state index contributed by atoms with van der Waals surface area (Å²) in [6.45, 7) is 4.39. The maximum absolute atomic E-state index is 11.7. The molecule has 0 aliphatic heterocycles. The number of hydrogen-bond donors (Lipinski definition) is 3. The molecule has 0 aliphatic rings. The quantitative estimate of drug-likeness (QED) is 0.476. The van der Waals surface area contributed by atoms with E-state index in [0.29, 0.717) is 5.56 Å². The molecule has 0 bridgehead atoms. The Kier molecular flexibility index (Phi) is 8.26. The van der Waals surface area contributed by atoms with Gasteiger partial charge >= 0.3 is 0 Å². The molecule has 2 rings (SSSR count). The lowest BCUT2D eigenvalue weighted by Crippen LogP contribution is -2.39. The van der Waals surface area contributed by atoms with Crippen LogP contribution in [0, 0.1) is 0 Å². The first-order valence-corrected chi connectivity index (χ1v) is 9.08. The van der Waals surface area contributed by atoms with Crippen molar-refractivity contribution >= 4 is 11.9 Å². The van der Waals surface area contributed by atoms with Crippen LogP contribution in [0.25, 0.3) is 0 Å². The van der Waals surface area contributed by atoms with Gasteiger partial charge in [-0.2, -0.15) is 0 Å². The minimum atomic E-state index is -0.0652. The third-order valence-corrected chi connectivity index (χ3v) is 3.86. The van der Waals surface area contributed by atoms with Crippen LogP contribution < -0.4 is 16.0 Å². The van der Waals surface area contributed by atoms with Gasteiger partial charge in [-0.3, -0.25) is 9.79 Å². The molecular formula is C20H28N4O2. The zero-order valence-electron chi connectivity index (χ0n) is 15.5. The highest BCUT2D eigenvalue weighted by Crippen LogP contribution is 2.05. The summed E-state index contributed by atoms with van der Waals surface area (Å²) >= 11 is 0. The summed E-state index contributed by atoms with van der Waals surface area (Å²) < 4.78 is 5.34. The van der Waals surface area contributed by atoms with Gasteiger partial charge in [0.1, 0.15) is 5.76 Å². The Morgan fingerprint density at radius 2 is 1.92 bits per heavy atom. The number of carbonyl (C=O) groups is 1. The van der Waals surface area contributed by atoms with Crippen molar-refractivity contribution in [3.63, 3.8) is 0 Å². The van der Waals surface area contributed by atoms with Crippen LogP contribution in [-0.2, 0) is 12.8 Å². The third-order valence-electron chi connectivity index (χ3n) is 3.86. The Labute approximate surface area is 155 Å². The van der Waals surface area contributed by atoms with Crippen LogP contribution >= 0.6 is 0 Å². The number of hydrogen-bond acceptors (Lipinski definition) is 3. The molecule has 0 unspecified atom stereocenters. The van der Waals surface area contributed by atoms with Gasteiger partial charge in [-0.25, -0.2) is 0 Å². The molecule has 0 aliphatic carbocycles. The van der Waals surface area contributed by atoms with Crippen molar-refractivity contribution in [1.29, 1.82) is 0 Å². The van der Waals surface area contributed by atoms with Crippen molar-refractivity contribution in [2.45, 2.75) is 26.2 Å². The molecule has 1 aromatic heterocycles. The molecule has 1 amide bonds. The molecule has 26 heavy (non-hydrogen) atoms. The summed E-state index contributed by atoms with van der Waals surface area (Å²) in [6, 6.07) is 11.5. The molecule has 6 nitrogen and oxygen atoms in total. The number of rotatable bonds is 9. The molecule has 1 aromatic carbocycles. The number of amides is 1. The van der Waals surface area contributed by atoms with E-state index in [9.17, 15) is 4.79 Å². The fourth-order valence-corrected chi connectivity index (χ4v) is 2.49. The van der Waals surface area contributed by atoms with E-state index >= 15 is 0 Å². The van der Waals surface area contributed by atoms with Gasteiger partial charge in [-0.1, -0.05) is 19.1 Å². The number of guanidine groups is 1. The van der Waals surface area contributed by atoms with E-state index in [1.54, 1.807) is 13.3 Å². The van der Waals surface area contributed by atoms with Gasteiger partial charge in [-0.05, 0) is 42.7 Å². The summed E-state index contributed by atoms with van der Waals surface area (Å²) in [5.74, 6) is 1.70. The summed E-state index contributed by atoms with van der Waals surface area (Å²) in [6.07, 6.45) is 4.32. The van der Waals surface area contributed by atoms with E-state index in [1.807, 2.05) is 36.4 Å². The fraction of sp³-hybridized carbons (Fsp3) is 0.400. The second-order valence-electron chi connectivity index (χ2n) is 5.94. The predicted molar refractivity (Wildman–Crippen MR) is 105 cm³/mol. The van der Waals surface area contributed by atoms with Gasteiger partial charge in [0.05, 0.1) is 6.26 Å². The average Bonchev–Trinajstić information content (AvgIpc) is 3.18. The van der Waals surface area contributed by atoms with Crippen molar-refractivity contribution in [1.82, 2.24) is 16.0 Å². The second-order valence-corrected chi connectivity index (χ2v) is 5.94. The number of nitrogens with zero attached hydrogens (tertiary/aromatic N) is 1. The Hall–Kier alpha value is -2.76. The minimum absolute atomic E-state index is 0.0652. The Morgan fingerprint density at radius 1 is 1.12 bits per heavy atom. The summed E-state index contributed by atoms with van der Waals surface area (Å²) in [5.41, 5.74) is 1.80. The number of furan rings is 1. The van der Waals surface area contributed by atoms with Crippen molar-refractivity contribution in [3.8, 4) is 0 Å². The van der Waals surface area contributed by atoms with E-state index in [0.717, 1.165) is 56.2 Å². The summed E-state index contributed by atoms with van der Waals surface area (Å²) in [7, 11) is 1.64. The fourth-order valence-electron chi connectivity index (χ4n) is 2.49. The smallest absolute Gasteiger partial charge is 0.251 e. The molecule has 3 N–H and O–H groups in total. The molecule has 1 heterocycles. The normalized spacial score (nSPS) is 11.2. The largest absolute Gasteiger partial charge is 0.469 e. The maximum Gasteiger partial charge on any atom is 0.251 e. The van der Waals surface area contributed by atoms with Crippen LogP contribution in [0.3, 0.4) is 0 Å². The number of carbonyl (C=O) groups excluding carboxylic acids is 1. The first-order chi connectivity index (χ1) is 12.7. The first kappa shape index (κ1) is 19.6. The number of nitrogens with one attached hydrogen (secondary N) is 3. The van der Waals surface area contributed by atoms with Crippen LogP contribution in [0.2, 0.25) is 0 Å². The van der Waals surface area contributed by atoms with Crippen molar-refractivity contribution in [3.05, 3.63) is 59.5 Å². The number of benzene rings is 1. The topological polar surface area (TPSA) is 78.7 Å². The second kappa shape index (κ2) is 11.0. The van der Waals surface area contributed by atoms with E-state index < -0.39 is 0 Å². The molecular weight excluding hydrogens is 328 g/mol. The third kappa shape index (κ3) is 6.63. The highest BCUT2D eigenvalue weighted by Gasteiger charge is 2.04. The van der Waals surface area contributed by atoms with Crippen LogP contribution in [-0.4, -0.2) is 38.5 Å². The lowest BCUT2D eigenvalue weighted by molar-refractivity contribution is 0.0963. The SMILES string of the molecule is CCCN=C(NCCc1cccc(C(=O)NC)c1)NCCc1ccco1. The van der Waals surface area contributed by atoms with Crippen molar-refractivity contribution < 1.29 is 9.21 Å². The van der Waals surface area contributed by atoms with Crippen molar-refractivity contribution in [2.24, 2.45) is 4.99 Å². The lowest BCUT2D eigenvalue weighted by Gasteiger charge is -2.12. The van der Waals surface area contributed by atoms with Gasteiger partial charge in [-0.15, -0.1) is 0 Å². The van der Waals surface area contributed by atoms with Gasteiger partial charge in [0.25, 0.3) is 5.91 Å². The minimum Gasteiger partial charge on any atom is -0.469 e. The van der Waals surface area contributed by atoms with Gasteiger partial charge < -0.3 is 20.4 Å². The highest BCUT2D eigenvalue weighted by molar-refractivity contribution is 5.94. The standard InChI is InChI=1S/C20H28N4O2/c1-3-11-22-20(24-13-10-18-8-5-14-26-18)23-12-9-16-6-4-7-17(15-16)19(25)21-2/h4-8,14-15H,3,9-13H2,1-2H3,(H,21,25)(H2,22,23,24). The zero-order chi connectivity index (χ0) is 18.6. The summed E-state index contributed by atoms with van der Waals surface area (Å²) in [4.78, 5) is 16.3. The molecule has 140 valence electrons. The van der Waals surface area contributed by atoms with Crippen LogP contribution in [0.15, 0.2) is 52.1 Å². The first-order valence-electron chi connectivity index (χ1n) is 9.08. The molecule has 0 saturated heterocycles. The Bertz CT molecular complexity index is 696. The van der Waals surface area contributed by atoms with E-state index in [2.05, 4.69) is 27.9 Å². The molecule has 0 fully saturated rings. The molecule has 0 saturated carbocycles. The Balaban J connectivity index is 1.81. The summed E-state index contributed by atoms with van der Waals surface area (Å²) in [5, 5.41) is 9.34. The molecule has 0 atom stereocenters. The molecule has 2 aromatic rings. The lowest BCUT2D eigenvalue weighted by atomic mass is 10.1. The van der Waals surface area contributed by atoms with Crippen LogP contribution in [0.1, 0.15) is 35.0 Å². The zero-order valence-corrected chi connectivity index (χ0v) is 15.5. The van der Waals surface area contributed by atoms with E-state index in [1.165, 1.54) is 0 Å². The highest BCUT2D eigenvalue weighted by atomic mass is 16.3. The average molecular weight is 356 g/mol. The number of aliphatic imine (C=N–C) groups is 1. The molecule has 0 radical (unpaired) electrons. The molecule has 0 spiro atoms. The van der Waals surface area contributed by atoms with E-state index in [4.69, 9.17) is 4.42 Å². The van der Waals surface area contributed by atoms with Gasteiger partial charge in [0.15, 0.2) is 5.96 Å². The molecule has 6 heteroatoms.